The first kappa shape index (κ1) is 23.4. The monoisotopic (exact) mass is 502 g/mol. The molecule has 27 heavy (non-hydrogen) atoms. The molecule has 8 heteroatoms. The van der Waals surface area contributed by atoms with Crippen LogP contribution in [0.25, 0.3) is 0 Å². The molecule has 148 valence electrons. The molecule has 0 unspecified atom stereocenters. The first-order valence-corrected chi connectivity index (χ1v) is 10.1. The number of benzene rings is 2. The topological polar surface area (TPSA) is 82.6 Å². The van der Waals surface area contributed by atoms with E-state index in [4.69, 9.17) is 0 Å². The van der Waals surface area contributed by atoms with E-state index >= 15 is 0 Å². The van der Waals surface area contributed by atoms with Crippen molar-refractivity contribution in [2.75, 3.05) is 19.6 Å². The molecule has 0 spiro atoms. The average Bonchev–Trinajstić information content (AvgIpc) is 2.65. The Morgan fingerprint density at radius 3 is 2.26 bits per heavy atom. The summed E-state index contributed by atoms with van der Waals surface area (Å²) in [5.74, 6) is 0.659. The molecule has 0 aliphatic rings. The molecule has 0 fully saturated rings. The van der Waals surface area contributed by atoms with Crippen molar-refractivity contribution >= 4 is 40.0 Å². The lowest BCUT2D eigenvalue weighted by atomic mass is 10.1. The number of hydrogen-bond acceptors (Lipinski definition) is 3. The molecule has 0 saturated heterocycles. The molecular formula is C19H27IN4O2S. The summed E-state index contributed by atoms with van der Waals surface area (Å²) in [6, 6.07) is 16.6. The highest BCUT2D eigenvalue weighted by atomic mass is 127. The Kier molecular flexibility index (Phi) is 10.3. The van der Waals surface area contributed by atoms with Crippen molar-refractivity contribution in [2.24, 2.45) is 4.99 Å². The minimum atomic E-state index is -3.48. The predicted octanol–water partition coefficient (Wildman–Crippen LogP) is 2.65. The Morgan fingerprint density at radius 1 is 0.963 bits per heavy atom. The first-order valence-electron chi connectivity index (χ1n) is 8.63. The second-order valence-corrected chi connectivity index (χ2v) is 7.59. The van der Waals surface area contributed by atoms with Gasteiger partial charge in [0.05, 0.1) is 11.4 Å². The molecule has 0 heterocycles. The van der Waals surface area contributed by atoms with Crippen molar-refractivity contribution in [1.82, 2.24) is 15.4 Å². The van der Waals surface area contributed by atoms with Crippen LogP contribution in [0, 0.1) is 6.92 Å². The molecule has 0 aromatic heterocycles. The van der Waals surface area contributed by atoms with E-state index in [9.17, 15) is 8.42 Å². The Labute approximate surface area is 178 Å². The van der Waals surface area contributed by atoms with Crippen LogP contribution in [0.4, 0.5) is 0 Å². The Bertz CT molecular complexity index is 809. The molecule has 3 N–H and O–H groups in total. The molecule has 0 saturated carbocycles. The van der Waals surface area contributed by atoms with Gasteiger partial charge in [0.15, 0.2) is 5.96 Å². The van der Waals surface area contributed by atoms with Gasteiger partial charge in [-0.1, -0.05) is 48.0 Å². The van der Waals surface area contributed by atoms with Gasteiger partial charge in [0, 0.05) is 19.6 Å². The van der Waals surface area contributed by atoms with E-state index in [2.05, 4.69) is 51.5 Å². The van der Waals surface area contributed by atoms with E-state index in [1.54, 1.807) is 30.3 Å². The molecular weight excluding hydrogens is 475 g/mol. The van der Waals surface area contributed by atoms with Gasteiger partial charge in [0.2, 0.25) is 10.0 Å². The third-order valence-corrected chi connectivity index (χ3v) is 5.12. The third kappa shape index (κ3) is 8.27. The van der Waals surface area contributed by atoms with E-state index in [1.807, 2.05) is 6.92 Å². The zero-order valence-electron chi connectivity index (χ0n) is 15.6. The Hall–Kier alpha value is -1.65. The number of halogens is 1. The summed E-state index contributed by atoms with van der Waals surface area (Å²) >= 11 is 0. The van der Waals surface area contributed by atoms with Crippen molar-refractivity contribution in [3.8, 4) is 0 Å². The minimum Gasteiger partial charge on any atom is -0.357 e. The lowest BCUT2D eigenvalue weighted by molar-refractivity contribution is 0.580. The highest BCUT2D eigenvalue weighted by molar-refractivity contribution is 14.0. The number of guanidine groups is 1. The van der Waals surface area contributed by atoms with Crippen molar-refractivity contribution in [3.05, 3.63) is 65.7 Å². The summed E-state index contributed by atoms with van der Waals surface area (Å²) in [6.45, 7) is 6.04. The second-order valence-electron chi connectivity index (χ2n) is 5.82. The van der Waals surface area contributed by atoms with E-state index in [1.165, 1.54) is 5.56 Å². The quantitative estimate of drug-likeness (QED) is 0.225. The molecule has 0 radical (unpaired) electrons. The second kappa shape index (κ2) is 11.9. The normalized spacial score (nSPS) is 11.6. The molecule has 2 rings (SSSR count). The van der Waals surface area contributed by atoms with Crippen LogP contribution in [0.1, 0.15) is 18.1 Å². The number of nitrogens with zero attached hydrogens (tertiary/aromatic N) is 1. The summed E-state index contributed by atoms with van der Waals surface area (Å²) < 4.78 is 26.9. The van der Waals surface area contributed by atoms with E-state index < -0.39 is 10.0 Å². The zero-order valence-corrected chi connectivity index (χ0v) is 18.8. The van der Waals surface area contributed by atoms with Crippen LogP contribution >= 0.6 is 24.0 Å². The molecule has 0 atom stereocenters. The van der Waals surface area contributed by atoms with Crippen LogP contribution < -0.4 is 15.4 Å². The standard InChI is InChI=1S/C19H26N4O2S.HI/c1-3-20-19(22-15-17-11-9-16(2)10-12-17)21-13-14-23-26(24,25)18-7-5-4-6-8-18;/h4-12,23H,3,13-15H2,1-2H3,(H2,20,21,22);1H. The molecule has 0 aliphatic heterocycles. The Morgan fingerprint density at radius 2 is 1.63 bits per heavy atom. The van der Waals surface area contributed by atoms with Crippen molar-refractivity contribution in [1.29, 1.82) is 0 Å². The minimum absolute atomic E-state index is 0. The molecule has 0 aliphatic carbocycles. The van der Waals surface area contributed by atoms with Crippen LogP contribution in [-0.2, 0) is 16.6 Å². The molecule has 0 amide bonds. The van der Waals surface area contributed by atoms with Crippen LogP contribution in [0.5, 0.6) is 0 Å². The summed E-state index contributed by atoms with van der Waals surface area (Å²) in [7, 11) is -3.48. The van der Waals surface area contributed by atoms with Crippen LogP contribution in [0.3, 0.4) is 0 Å². The first-order chi connectivity index (χ1) is 12.5. The van der Waals surface area contributed by atoms with Crippen LogP contribution in [0.15, 0.2) is 64.5 Å². The van der Waals surface area contributed by atoms with Crippen LogP contribution in [0.2, 0.25) is 0 Å². The number of hydrogen-bond donors (Lipinski definition) is 3. The fourth-order valence-electron chi connectivity index (χ4n) is 2.25. The summed E-state index contributed by atoms with van der Waals surface area (Å²) in [6.07, 6.45) is 0. The lowest BCUT2D eigenvalue weighted by Gasteiger charge is -2.12. The van der Waals surface area contributed by atoms with Gasteiger partial charge in [-0.25, -0.2) is 18.1 Å². The molecule has 6 nitrogen and oxygen atoms in total. The maximum absolute atomic E-state index is 12.2. The number of sulfonamides is 1. The summed E-state index contributed by atoms with van der Waals surface area (Å²) in [4.78, 5) is 4.79. The van der Waals surface area contributed by atoms with Gasteiger partial charge in [0.1, 0.15) is 0 Å². The smallest absolute Gasteiger partial charge is 0.240 e. The fraction of sp³-hybridized carbons (Fsp3) is 0.316. The maximum Gasteiger partial charge on any atom is 0.240 e. The highest BCUT2D eigenvalue weighted by Gasteiger charge is 2.11. The van der Waals surface area contributed by atoms with Crippen LogP contribution in [-0.4, -0.2) is 34.0 Å². The van der Waals surface area contributed by atoms with Crippen molar-refractivity contribution in [2.45, 2.75) is 25.3 Å². The average molecular weight is 502 g/mol. The van der Waals surface area contributed by atoms with Gasteiger partial charge in [-0.2, -0.15) is 0 Å². The number of aryl methyl sites for hydroxylation is 1. The highest BCUT2D eigenvalue weighted by Crippen LogP contribution is 2.06. The van der Waals surface area contributed by atoms with Gasteiger partial charge in [-0.05, 0) is 31.5 Å². The molecule has 2 aromatic rings. The van der Waals surface area contributed by atoms with Crippen molar-refractivity contribution < 1.29 is 8.42 Å². The Balaban J connectivity index is 0.00000364. The van der Waals surface area contributed by atoms with Gasteiger partial charge in [0.25, 0.3) is 0 Å². The lowest BCUT2D eigenvalue weighted by Crippen LogP contribution is -2.41. The maximum atomic E-state index is 12.2. The van der Waals surface area contributed by atoms with Crippen molar-refractivity contribution in [3.63, 3.8) is 0 Å². The number of rotatable bonds is 8. The number of aliphatic imine (C=N–C) groups is 1. The van der Waals surface area contributed by atoms with Gasteiger partial charge in [-0.3, -0.25) is 0 Å². The third-order valence-electron chi connectivity index (χ3n) is 3.65. The number of nitrogens with one attached hydrogen (secondary N) is 3. The molecule has 0 bridgehead atoms. The SMILES string of the molecule is CCNC(=NCc1ccc(C)cc1)NCCNS(=O)(=O)c1ccccc1.I. The van der Waals surface area contributed by atoms with E-state index in [-0.39, 0.29) is 35.4 Å². The van der Waals surface area contributed by atoms with E-state index in [0.717, 1.165) is 12.1 Å². The largest absolute Gasteiger partial charge is 0.357 e. The van der Waals surface area contributed by atoms with Gasteiger partial charge >= 0.3 is 0 Å². The van der Waals surface area contributed by atoms with Gasteiger partial charge < -0.3 is 10.6 Å². The summed E-state index contributed by atoms with van der Waals surface area (Å²) in [5.41, 5.74) is 2.34. The zero-order chi connectivity index (χ0) is 18.8. The van der Waals surface area contributed by atoms with E-state index in [0.29, 0.717) is 19.0 Å². The predicted molar refractivity (Wildman–Crippen MR) is 121 cm³/mol. The summed E-state index contributed by atoms with van der Waals surface area (Å²) in [5, 5.41) is 6.29. The molecule has 2 aromatic carbocycles. The fourth-order valence-corrected chi connectivity index (χ4v) is 3.31. The van der Waals surface area contributed by atoms with Gasteiger partial charge in [-0.15, -0.1) is 24.0 Å².